The van der Waals surface area contributed by atoms with Gasteiger partial charge in [-0.15, -0.1) is 0 Å². The third-order valence-electron chi connectivity index (χ3n) is 1.52. The maximum atomic E-state index is 11.1. The fourth-order valence-electron chi connectivity index (χ4n) is 0.763. The van der Waals surface area contributed by atoms with Crippen LogP contribution in [0.1, 0.15) is 6.92 Å². The van der Waals surface area contributed by atoms with Gasteiger partial charge in [0, 0.05) is 10.6 Å². The topological polar surface area (TPSA) is 26.3 Å². The number of ether oxygens (including phenoxy) is 1. The van der Waals surface area contributed by atoms with Crippen molar-refractivity contribution in [1.82, 2.24) is 0 Å². The minimum atomic E-state index is -1.37. The first-order valence-electron chi connectivity index (χ1n) is 4.69. The molecule has 0 aliphatic rings. The molecule has 0 rings (SSSR count). The third kappa shape index (κ3) is 6.32. The van der Waals surface area contributed by atoms with Gasteiger partial charge in [-0.25, -0.2) is 4.79 Å². The molecule has 15 heavy (non-hydrogen) atoms. The standard InChI is InChI=1S/C10H16Br2O2Si/c1-5-14-9(13)7-6-8(11)10(12)15(2,3)4/h6-7H,5H2,1-4H3/b7-6+,10-8+. The summed E-state index contributed by atoms with van der Waals surface area (Å²) in [5.41, 5.74) is 0. The van der Waals surface area contributed by atoms with Crippen LogP contribution >= 0.6 is 31.9 Å². The molecule has 86 valence electrons. The van der Waals surface area contributed by atoms with Crippen molar-refractivity contribution in [3.63, 3.8) is 0 Å². The highest BCUT2D eigenvalue weighted by Crippen LogP contribution is 2.28. The van der Waals surface area contributed by atoms with E-state index in [4.69, 9.17) is 4.74 Å². The molecule has 0 saturated carbocycles. The van der Waals surface area contributed by atoms with Gasteiger partial charge in [-0.3, -0.25) is 0 Å². The van der Waals surface area contributed by atoms with Crippen LogP contribution in [0.15, 0.2) is 20.7 Å². The minimum Gasteiger partial charge on any atom is -0.463 e. The van der Waals surface area contributed by atoms with Crippen molar-refractivity contribution >= 4 is 45.9 Å². The van der Waals surface area contributed by atoms with Gasteiger partial charge < -0.3 is 4.74 Å². The van der Waals surface area contributed by atoms with E-state index < -0.39 is 8.07 Å². The van der Waals surface area contributed by atoms with Crippen molar-refractivity contribution in [2.75, 3.05) is 6.61 Å². The van der Waals surface area contributed by atoms with Crippen LogP contribution in [0.25, 0.3) is 0 Å². The first-order chi connectivity index (χ1) is 6.79. The predicted octanol–water partition coefficient (Wildman–Crippen LogP) is 3.98. The number of hydrogen-bond donors (Lipinski definition) is 0. The maximum absolute atomic E-state index is 11.1. The van der Waals surface area contributed by atoms with Gasteiger partial charge in [0.2, 0.25) is 0 Å². The van der Waals surface area contributed by atoms with Gasteiger partial charge in [0.1, 0.15) is 0 Å². The number of carbonyl (C=O) groups excluding carboxylic acids is 1. The first-order valence-corrected chi connectivity index (χ1v) is 9.78. The Kier molecular flexibility index (Phi) is 6.71. The summed E-state index contributed by atoms with van der Waals surface area (Å²) in [7, 11) is -1.37. The van der Waals surface area contributed by atoms with Crippen molar-refractivity contribution in [1.29, 1.82) is 0 Å². The van der Waals surface area contributed by atoms with Crippen molar-refractivity contribution in [3.05, 3.63) is 20.7 Å². The van der Waals surface area contributed by atoms with Gasteiger partial charge in [-0.2, -0.15) is 0 Å². The van der Waals surface area contributed by atoms with Crippen LogP contribution in [-0.2, 0) is 9.53 Å². The van der Waals surface area contributed by atoms with Crippen LogP contribution in [0.2, 0.25) is 19.6 Å². The highest BCUT2D eigenvalue weighted by atomic mass is 79.9. The lowest BCUT2D eigenvalue weighted by molar-refractivity contribution is -0.137. The molecule has 0 aromatic carbocycles. The van der Waals surface area contributed by atoms with E-state index in [0.29, 0.717) is 6.61 Å². The zero-order chi connectivity index (χ0) is 12.1. The summed E-state index contributed by atoms with van der Waals surface area (Å²) in [6.45, 7) is 8.85. The average Bonchev–Trinajstić information content (AvgIpc) is 2.12. The molecule has 0 fully saturated rings. The van der Waals surface area contributed by atoms with Crippen LogP contribution in [0.3, 0.4) is 0 Å². The molecule has 0 bridgehead atoms. The summed E-state index contributed by atoms with van der Waals surface area (Å²) in [6.07, 6.45) is 3.15. The summed E-state index contributed by atoms with van der Waals surface area (Å²) in [6, 6.07) is 0. The largest absolute Gasteiger partial charge is 0.463 e. The number of hydrogen-bond acceptors (Lipinski definition) is 2. The van der Waals surface area contributed by atoms with E-state index in [9.17, 15) is 4.79 Å². The van der Waals surface area contributed by atoms with Gasteiger partial charge in [-0.05, 0) is 17.1 Å². The number of esters is 1. The molecule has 2 nitrogen and oxygen atoms in total. The molecular weight excluding hydrogens is 340 g/mol. The number of allylic oxidation sites excluding steroid dienone is 2. The van der Waals surface area contributed by atoms with E-state index in [2.05, 4.69) is 51.5 Å². The second-order valence-corrected chi connectivity index (χ2v) is 11.4. The van der Waals surface area contributed by atoms with Crippen LogP contribution < -0.4 is 0 Å². The third-order valence-corrected chi connectivity index (χ3v) is 8.66. The summed E-state index contributed by atoms with van der Waals surface area (Å²) in [5.74, 6) is -0.315. The predicted molar refractivity (Wildman–Crippen MR) is 74.0 cm³/mol. The monoisotopic (exact) mass is 354 g/mol. The number of rotatable bonds is 4. The van der Waals surface area contributed by atoms with Crippen LogP contribution in [0, 0.1) is 0 Å². The lowest BCUT2D eigenvalue weighted by Crippen LogP contribution is -2.20. The van der Waals surface area contributed by atoms with Crippen molar-refractivity contribution < 1.29 is 9.53 Å². The second kappa shape index (κ2) is 6.65. The molecule has 5 heteroatoms. The molecular formula is C10H16Br2O2Si. The molecule has 0 atom stereocenters. The smallest absolute Gasteiger partial charge is 0.330 e. The quantitative estimate of drug-likeness (QED) is 0.330. The first kappa shape index (κ1) is 15.1. The Hall–Kier alpha value is 0.127. The Bertz CT molecular complexity index is 290. The Morgan fingerprint density at radius 2 is 1.80 bits per heavy atom. The number of carbonyl (C=O) groups is 1. The molecule has 0 saturated heterocycles. The van der Waals surface area contributed by atoms with Gasteiger partial charge >= 0.3 is 5.97 Å². The van der Waals surface area contributed by atoms with E-state index in [1.54, 1.807) is 13.0 Å². The molecule has 0 heterocycles. The highest BCUT2D eigenvalue weighted by molar-refractivity contribution is 9.14. The summed E-state index contributed by atoms with van der Waals surface area (Å²) >= 11 is 6.98. The molecule has 0 aliphatic heterocycles. The molecule has 0 radical (unpaired) electrons. The number of halogens is 2. The van der Waals surface area contributed by atoms with Crippen LogP contribution in [-0.4, -0.2) is 20.7 Å². The lowest BCUT2D eigenvalue weighted by atomic mass is 10.5. The van der Waals surface area contributed by atoms with E-state index >= 15 is 0 Å². The van der Waals surface area contributed by atoms with Crippen molar-refractivity contribution in [2.24, 2.45) is 0 Å². The fraction of sp³-hybridized carbons (Fsp3) is 0.500. The molecule has 0 spiro atoms. The SMILES string of the molecule is CCOC(=O)/C=C/C(Br)=C(/Br)[Si](C)(C)C. The fourth-order valence-corrected chi connectivity index (χ4v) is 3.61. The normalized spacial score (nSPS) is 14.0. The molecule has 0 aliphatic carbocycles. The van der Waals surface area contributed by atoms with E-state index in [1.807, 2.05) is 0 Å². The van der Waals surface area contributed by atoms with Gasteiger partial charge in [-0.1, -0.05) is 51.5 Å². The zero-order valence-corrected chi connectivity index (χ0v) is 13.6. The lowest BCUT2D eigenvalue weighted by Gasteiger charge is -2.15. The van der Waals surface area contributed by atoms with Gasteiger partial charge in [0.25, 0.3) is 0 Å². The van der Waals surface area contributed by atoms with Gasteiger partial charge in [0.05, 0.1) is 14.7 Å². The molecule has 0 amide bonds. The highest BCUT2D eigenvalue weighted by Gasteiger charge is 2.19. The molecule has 0 aromatic heterocycles. The molecule has 0 unspecified atom stereocenters. The summed E-state index contributed by atoms with van der Waals surface area (Å²) in [5, 5.41) is 0. The molecule has 0 aromatic rings. The average molecular weight is 356 g/mol. The van der Waals surface area contributed by atoms with Crippen LogP contribution in [0.4, 0.5) is 0 Å². The minimum absolute atomic E-state index is 0.315. The van der Waals surface area contributed by atoms with Crippen LogP contribution in [0.5, 0.6) is 0 Å². The Morgan fingerprint density at radius 1 is 1.27 bits per heavy atom. The molecule has 0 N–H and O–H groups in total. The zero-order valence-electron chi connectivity index (χ0n) is 9.43. The Morgan fingerprint density at radius 3 is 2.20 bits per heavy atom. The van der Waals surface area contributed by atoms with E-state index in [1.165, 1.54) is 6.08 Å². The summed E-state index contributed by atoms with van der Waals surface area (Å²) in [4.78, 5) is 11.1. The van der Waals surface area contributed by atoms with Gasteiger partial charge in [0.15, 0.2) is 0 Å². The van der Waals surface area contributed by atoms with E-state index in [-0.39, 0.29) is 5.97 Å². The Balaban J connectivity index is 4.61. The van der Waals surface area contributed by atoms with Crippen molar-refractivity contribution in [2.45, 2.75) is 26.6 Å². The maximum Gasteiger partial charge on any atom is 0.330 e. The Labute approximate surface area is 109 Å². The second-order valence-electron chi connectivity index (χ2n) is 4.00. The van der Waals surface area contributed by atoms with E-state index in [0.717, 1.165) is 8.59 Å². The van der Waals surface area contributed by atoms with Crippen molar-refractivity contribution in [3.8, 4) is 0 Å². The summed E-state index contributed by atoms with van der Waals surface area (Å²) < 4.78 is 6.84.